The minimum atomic E-state index is 0.0518. The van der Waals surface area contributed by atoms with Gasteiger partial charge in [-0.25, -0.2) is 0 Å². The van der Waals surface area contributed by atoms with E-state index < -0.39 is 0 Å². The molecule has 0 atom stereocenters. The molecule has 142 valence electrons. The van der Waals surface area contributed by atoms with Crippen LogP contribution in [0.2, 0.25) is 0 Å². The highest BCUT2D eigenvalue weighted by Gasteiger charge is 2.29. The number of amides is 1. The first-order valence-corrected chi connectivity index (χ1v) is 9.42. The molecular weight excluding hydrogens is 342 g/mol. The van der Waals surface area contributed by atoms with Crippen LogP contribution >= 0.6 is 0 Å². The first kappa shape index (κ1) is 17.5. The Bertz CT molecular complexity index is 943. The number of carbonyl (C=O) groups is 1. The highest BCUT2D eigenvalue weighted by atomic mass is 16.2. The number of hydrogen-bond donors (Lipinski definition) is 1. The molecule has 0 spiro atoms. The SMILES string of the molecule is CCn1cc(C(=O)N2CCC(c3cn[nH]c3C)CC2)c(-c2cnn(C)c2)n1. The average Bonchev–Trinajstić information content (AvgIpc) is 3.40. The Balaban J connectivity index is 1.54. The molecule has 27 heavy (non-hydrogen) atoms. The monoisotopic (exact) mass is 367 g/mol. The van der Waals surface area contributed by atoms with Gasteiger partial charge in [-0.1, -0.05) is 0 Å². The van der Waals surface area contributed by atoms with Crippen molar-refractivity contribution in [2.75, 3.05) is 13.1 Å². The van der Waals surface area contributed by atoms with Crippen LogP contribution in [0.3, 0.4) is 0 Å². The summed E-state index contributed by atoms with van der Waals surface area (Å²) in [5.74, 6) is 0.514. The van der Waals surface area contributed by atoms with Gasteiger partial charge in [0.25, 0.3) is 5.91 Å². The minimum Gasteiger partial charge on any atom is -0.338 e. The van der Waals surface area contributed by atoms with Gasteiger partial charge in [-0.3, -0.25) is 19.3 Å². The maximum absolute atomic E-state index is 13.2. The van der Waals surface area contributed by atoms with E-state index in [2.05, 4.69) is 27.3 Å². The van der Waals surface area contributed by atoms with E-state index in [1.54, 1.807) is 10.9 Å². The number of hydrogen-bond acceptors (Lipinski definition) is 4. The Kier molecular flexibility index (Phi) is 4.55. The normalized spacial score (nSPS) is 15.4. The lowest BCUT2D eigenvalue weighted by molar-refractivity contribution is 0.0713. The zero-order chi connectivity index (χ0) is 19.0. The van der Waals surface area contributed by atoms with Crippen molar-refractivity contribution in [3.05, 3.63) is 41.6 Å². The van der Waals surface area contributed by atoms with Gasteiger partial charge in [0.2, 0.25) is 0 Å². The average molecular weight is 367 g/mol. The van der Waals surface area contributed by atoms with Crippen molar-refractivity contribution >= 4 is 5.91 Å². The summed E-state index contributed by atoms with van der Waals surface area (Å²) in [6.45, 7) is 6.30. The van der Waals surface area contributed by atoms with Gasteiger partial charge in [0.05, 0.1) is 18.0 Å². The Morgan fingerprint density at radius 1 is 1.26 bits per heavy atom. The number of nitrogens with one attached hydrogen (secondary N) is 1. The summed E-state index contributed by atoms with van der Waals surface area (Å²) in [5, 5.41) is 16.0. The number of aromatic nitrogens is 6. The van der Waals surface area contributed by atoms with E-state index in [-0.39, 0.29) is 5.91 Å². The molecule has 1 aliphatic rings. The van der Waals surface area contributed by atoms with Crippen molar-refractivity contribution in [3.8, 4) is 11.3 Å². The summed E-state index contributed by atoms with van der Waals surface area (Å²) in [7, 11) is 1.87. The largest absolute Gasteiger partial charge is 0.338 e. The van der Waals surface area contributed by atoms with E-state index in [0.29, 0.717) is 17.2 Å². The van der Waals surface area contributed by atoms with E-state index in [0.717, 1.165) is 43.7 Å². The number of aryl methyl sites for hydroxylation is 3. The van der Waals surface area contributed by atoms with Crippen LogP contribution in [0.1, 0.15) is 47.3 Å². The molecule has 0 aromatic carbocycles. The van der Waals surface area contributed by atoms with Crippen molar-refractivity contribution in [1.29, 1.82) is 0 Å². The van der Waals surface area contributed by atoms with Crippen LogP contribution in [0.5, 0.6) is 0 Å². The number of rotatable bonds is 4. The molecule has 0 radical (unpaired) electrons. The quantitative estimate of drug-likeness (QED) is 0.767. The molecule has 4 rings (SSSR count). The number of likely N-dealkylation sites (tertiary alicyclic amines) is 1. The maximum Gasteiger partial charge on any atom is 0.257 e. The van der Waals surface area contributed by atoms with Gasteiger partial charge >= 0.3 is 0 Å². The van der Waals surface area contributed by atoms with Gasteiger partial charge < -0.3 is 4.90 Å². The van der Waals surface area contributed by atoms with E-state index in [4.69, 9.17) is 0 Å². The summed E-state index contributed by atoms with van der Waals surface area (Å²) in [6.07, 6.45) is 9.34. The summed E-state index contributed by atoms with van der Waals surface area (Å²) in [6, 6.07) is 0. The number of piperidine rings is 1. The fraction of sp³-hybridized carbons (Fsp3) is 0.474. The lowest BCUT2D eigenvalue weighted by Crippen LogP contribution is -2.38. The number of nitrogens with zero attached hydrogens (tertiary/aromatic N) is 6. The standard InChI is InChI=1S/C19H25N7O/c1-4-26-12-17(18(23-26)15-9-21-24(3)11-15)19(27)25-7-5-14(6-8-25)16-10-20-22-13(16)2/h9-12,14H,4-8H2,1-3H3,(H,20,22). The van der Waals surface area contributed by atoms with Gasteiger partial charge in [0.1, 0.15) is 5.69 Å². The second-order valence-corrected chi connectivity index (χ2v) is 7.17. The van der Waals surface area contributed by atoms with Gasteiger partial charge in [0.15, 0.2) is 0 Å². The molecule has 1 N–H and O–H groups in total. The van der Waals surface area contributed by atoms with Crippen molar-refractivity contribution < 1.29 is 4.79 Å². The van der Waals surface area contributed by atoms with Crippen LogP contribution in [-0.4, -0.2) is 53.7 Å². The van der Waals surface area contributed by atoms with Crippen LogP contribution in [0.15, 0.2) is 24.8 Å². The second-order valence-electron chi connectivity index (χ2n) is 7.17. The van der Waals surface area contributed by atoms with Crippen molar-refractivity contribution in [2.24, 2.45) is 7.05 Å². The molecule has 0 bridgehead atoms. The summed E-state index contributed by atoms with van der Waals surface area (Å²) in [4.78, 5) is 15.2. The van der Waals surface area contributed by atoms with Crippen LogP contribution < -0.4 is 0 Å². The van der Waals surface area contributed by atoms with E-state index >= 15 is 0 Å². The molecule has 0 aliphatic carbocycles. The molecule has 3 aromatic rings. The summed E-state index contributed by atoms with van der Waals surface area (Å²) in [5.41, 5.74) is 4.64. The third-order valence-corrected chi connectivity index (χ3v) is 5.39. The topological polar surface area (TPSA) is 84.6 Å². The minimum absolute atomic E-state index is 0.0518. The lowest BCUT2D eigenvalue weighted by atomic mass is 9.89. The zero-order valence-electron chi connectivity index (χ0n) is 16.0. The first-order valence-electron chi connectivity index (χ1n) is 9.42. The van der Waals surface area contributed by atoms with Crippen molar-refractivity contribution in [3.63, 3.8) is 0 Å². The van der Waals surface area contributed by atoms with E-state index in [9.17, 15) is 4.79 Å². The molecule has 1 fully saturated rings. The third kappa shape index (κ3) is 3.27. The smallest absolute Gasteiger partial charge is 0.257 e. The fourth-order valence-electron chi connectivity index (χ4n) is 3.83. The molecule has 0 unspecified atom stereocenters. The molecule has 8 heteroatoms. The Morgan fingerprint density at radius 2 is 2.04 bits per heavy atom. The molecule has 1 aliphatic heterocycles. The molecule has 4 heterocycles. The Morgan fingerprint density at radius 3 is 2.63 bits per heavy atom. The molecule has 0 saturated carbocycles. The maximum atomic E-state index is 13.2. The number of aromatic amines is 1. The molecule has 3 aromatic heterocycles. The molecule has 1 amide bonds. The van der Waals surface area contributed by atoms with Crippen molar-refractivity contribution in [1.82, 2.24) is 34.7 Å². The molecule has 8 nitrogen and oxygen atoms in total. The fourth-order valence-corrected chi connectivity index (χ4v) is 3.83. The highest BCUT2D eigenvalue weighted by Crippen LogP contribution is 2.31. The lowest BCUT2D eigenvalue weighted by Gasteiger charge is -2.32. The number of H-pyrrole nitrogens is 1. The predicted octanol–water partition coefficient (Wildman–Crippen LogP) is 2.35. The van der Waals surface area contributed by atoms with Gasteiger partial charge in [-0.15, -0.1) is 0 Å². The Hall–Kier alpha value is -2.90. The van der Waals surface area contributed by atoms with E-state index in [1.165, 1.54) is 5.56 Å². The van der Waals surface area contributed by atoms with Crippen LogP contribution in [0.25, 0.3) is 11.3 Å². The predicted molar refractivity (Wildman–Crippen MR) is 101 cm³/mol. The van der Waals surface area contributed by atoms with E-state index in [1.807, 2.05) is 42.1 Å². The van der Waals surface area contributed by atoms with Gasteiger partial charge in [-0.05, 0) is 38.2 Å². The zero-order valence-corrected chi connectivity index (χ0v) is 16.0. The summed E-state index contributed by atoms with van der Waals surface area (Å²) >= 11 is 0. The van der Waals surface area contributed by atoms with Gasteiger partial charge in [-0.2, -0.15) is 15.3 Å². The molecule has 1 saturated heterocycles. The molecular formula is C19H25N7O. The van der Waals surface area contributed by atoms with Crippen LogP contribution in [0.4, 0.5) is 0 Å². The van der Waals surface area contributed by atoms with Crippen LogP contribution in [-0.2, 0) is 13.6 Å². The Labute approximate surface area is 158 Å². The van der Waals surface area contributed by atoms with Gasteiger partial charge in [0, 0.05) is 50.3 Å². The highest BCUT2D eigenvalue weighted by molar-refractivity contribution is 5.99. The van der Waals surface area contributed by atoms with Crippen LogP contribution in [0, 0.1) is 6.92 Å². The second kappa shape index (κ2) is 7.02. The third-order valence-electron chi connectivity index (χ3n) is 5.39. The van der Waals surface area contributed by atoms with Crippen molar-refractivity contribution in [2.45, 2.75) is 39.2 Å². The first-order chi connectivity index (χ1) is 13.1. The summed E-state index contributed by atoms with van der Waals surface area (Å²) < 4.78 is 3.55. The number of carbonyl (C=O) groups excluding carboxylic acids is 1.